The minimum atomic E-state index is -0.166. The highest BCUT2D eigenvalue weighted by Crippen LogP contribution is 2.39. The van der Waals surface area contributed by atoms with Crippen molar-refractivity contribution in [1.82, 2.24) is 19.7 Å². The number of rotatable bonds is 4. The molecule has 1 aliphatic heterocycles. The van der Waals surface area contributed by atoms with Gasteiger partial charge in [0.2, 0.25) is 5.91 Å². The summed E-state index contributed by atoms with van der Waals surface area (Å²) in [5.74, 6) is 0.300. The van der Waals surface area contributed by atoms with Gasteiger partial charge < -0.3 is 5.32 Å². The molecular formula is C21H22ClN5O. The summed E-state index contributed by atoms with van der Waals surface area (Å²) in [6.07, 6.45) is 4.54. The lowest BCUT2D eigenvalue weighted by Crippen LogP contribution is -2.16. The van der Waals surface area contributed by atoms with Gasteiger partial charge in [-0.2, -0.15) is 5.10 Å². The monoisotopic (exact) mass is 395 g/mol. The average Bonchev–Trinajstić information content (AvgIpc) is 3.11. The molecule has 0 bridgehead atoms. The first-order chi connectivity index (χ1) is 13.3. The number of amides is 1. The van der Waals surface area contributed by atoms with E-state index in [0.29, 0.717) is 10.8 Å². The summed E-state index contributed by atoms with van der Waals surface area (Å²) in [6, 6.07) is 7.45. The number of fused-ring (bicyclic) bond motifs is 1. The van der Waals surface area contributed by atoms with Gasteiger partial charge in [0.15, 0.2) is 0 Å². The van der Waals surface area contributed by atoms with Crippen LogP contribution < -0.4 is 5.32 Å². The summed E-state index contributed by atoms with van der Waals surface area (Å²) < 4.78 is 2.04. The summed E-state index contributed by atoms with van der Waals surface area (Å²) in [5.41, 5.74) is 4.78. The highest BCUT2D eigenvalue weighted by Gasteiger charge is 2.32. The van der Waals surface area contributed by atoms with Crippen LogP contribution in [0, 0.1) is 12.3 Å². The van der Waals surface area contributed by atoms with Crippen LogP contribution in [0.3, 0.4) is 0 Å². The van der Waals surface area contributed by atoms with Gasteiger partial charge in [0.1, 0.15) is 5.82 Å². The maximum Gasteiger partial charge on any atom is 0.231 e. The second-order valence-corrected chi connectivity index (χ2v) is 8.46. The van der Waals surface area contributed by atoms with Gasteiger partial charge in [-0.3, -0.25) is 14.5 Å². The van der Waals surface area contributed by atoms with E-state index in [1.165, 1.54) is 5.69 Å². The molecule has 0 fully saturated rings. The molecule has 6 nitrogen and oxygen atoms in total. The van der Waals surface area contributed by atoms with E-state index in [-0.39, 0.29) is 17.7 Å². The van der Waals surface area contributed by atoms with E-state index in [0.717, 1.165) is 35.5 Å². The number of hydrogen-bond donors (Lipinski definition) is 1. The molecule has 1 amide bonds. The number of halogens is 1. The fourth-order valence-electron chi connectivity index (χ4n) is 3.64. The third kappa shape index (κ3) is 3.78. The van der Waals surface area contributed by atoms with Gasteiger partial charge in [0, 0.05) is 41.0 Å². The van der Waals surface area contributed by atoms with Crippen LogP contribution in [-0.2, 0) is 24.2 Å². The maximum absolute atomic E-state index is 12.4. The average molecular weight is 396 g/mol. The van der Waals surface area contributed by atoms with E-state index >= 15 is 0 Å². The van der Waals surface area contributed by atoms with Crippen molar-refractivity contribution >= 4 is 23.3 Å². The van der Waals surface area contributed by atoms with E-state index in [2.05, 4.69) is 34.2 Å². The van der Waals surface area contributed by atoms with Crippen LogP contribution in [0.5, 0.6) is 0 Å². The Morgan fingerprint density at radius 1 is 1.29 bits per heavy atom. The van der Waals surface area contributed by atoms with Gasteiger partial charge in [0.25, 0.3) is 0 Å². The number of carbonyl (C=O) groups excluding carboxylic acids is 1. The van der Waals surface area contributed by atoms with Crippen molar-refractivity contribution in [3.05, 3.63) is 58.8 Å². The topological polar surface area (TPSA) is 72.7 Å². The predicted molar refractivity (Wildman–Crippen MR) is 109 cm³/mol. The molecule has 3 aromatic rings. The van der Waals surface area contributed by atoms with Crippen LogP contribution in [0.2, 0.25) is 5.02 Å². The molecule has 4 rings (SSSR count). The van der Waals surface area contributed by atoms with Crippen LogP contribution in [-0.4, -0.2) is 25.7 Å². The zero-order valence-corrected chi connectivity index (χ0v) is 16.9. The Morgan fingerprint density at radius 2 is 2.11 bits per heavy atom. The number of nitrogens with one attached hydrogen (secondary N) is 1. The lowest BCUT2D eigenvalue weighted by molar-refractivity contribution is -0.115. The summed E-state index contributed by atoms with van der Waals surface area (Å²) in [6.45, 7) is 7.24. The van der Waals surface area contributed by atoms with Gasteiger partial charge in [0.05, 0.1) is 17.6 Å². The minimum Gasteiger partial charge on any atom is -0.310 e. The van der Waals surface area contributed by atoms with Crippen LogP contribution in [0.4, 0.5) is 5.82 Å². The number of hydrogen-bond acceptors (Lipinski definition) is 4. The van der Waals surface area contributed by atoms with Crippen molar-refractivity contribution in [3.63, 3.8) is 0 Å². The standard InChI is InChI=1S/C21H22ClN5O/c1-13-5-4-6-14(25-13)7-20(28)26-19-8-15(17(22)11-23-19)16-10-24-27-12-21(2,3)9-18(16)27/h4-6,8,10-11H,7,9,12H2,1-3H3,(H,23,26,28). The highest BCUT2D eigenvalue weighted by atomic mass is 35.5. The number of carbonyl (C=O) groups is 1. The number of pyridine rings is 2. The molecule has 1 aliphatic rings. The Hall–Kier alpha value is -2.73. The molecule has 0 spiro atoms. The molecule has 28 heavy (non-hydrogen) atoms. The third-order valence-corrected chi connectivity index (χ3v) is 5.17. The second kappa shape index (κ2) is 7.02. The summed E-state index contributed by atoms with van der Waals surface area (Å²) in [7, 11) is 0. The Balaban J connectivity index is 1.56. The number of aryl methyl sites for hydroxylation is 1. The molecule has 0 radical (unpaired) electrons. The van der Waals surface area contributed by atoms with Crippen molar-refractivity contribution in [2.75, 3.05) is 5.32 Å². The quantitative estimate of drug-likeness (QED) is 0.722. The molecule has 1 N–H and O–H groups in total. The molecule has 0 aliphatic carbocycles. The first-order valence-electron chi connectivity index (χ1n) is 9.24. The lowest BCUT2D eigenvalue weighted by atomic mass is 9.89. The molecule has 0 unspecified atom stereocenters. The summed E-state index contributed by atoms with van der Waals surface area (Å²) in [4.78, 5) is 21.0. The largest absolute Gasteiger partial charge is 0.310 e. The van der Waals surface area contributed by atoms with Crippen molar-refractivity contribution in [2.45, 2.75) is 40.2 Å². The molecule has 7 heteroatoms. The number of anilines is 1. The zero-order valence-electron chi connectivity index (χ0n) is 16.2. The zero-order chi connectivity index (χ0) is 19.9. The van der Waals surface area contributed by atoms with Crippen LogP contribution in [0.25, 0.3) is 11.1 Å². The van der Waals surface area contributed by atoms with Crippen molar-refractivity contribution in [2.24, 2.45) is 5.41 Å². The van der Waals surface area contributed by atoms with E-state index in [1.54, 1.807) is 6.20 Å². The maximum atomic E-state index is 12.4. The fraction of sp³-hybridized carbons (Fsp3) is 0.333. The number of aromatic nitrogens is 4. The molecule has 0 atom stereocenters. The molecule has 4 heterocycles. The molecule has 0 saturated heterocycles. The Bertz CT molecular complexity index is 1060. The SMILES string of the molecule is Cc1cccc(CC(=O)Nc2cc(-c3cnn4c3CC(C)(C)C4)c(Cl)cn2)n1. The van der Waals surface area contributed by atoms with Gasteiger partial charge in [-0.05, 0) is 37.0 Å². The Morgan fingerprint density at radius 3 is 2.89 bits per heavy atom. The molecule has 3 aromatic heterocycles. The molecule has 0 saturated carbocycles. The first kappa shape index (κ1) is 18.6. The van der Waals surface area contributed by atoms with Gasteiger partial charge in [-0.25, -0.2) is 4.98 Å². The molecule has 0 aromatic carbocycles. The molecular weight excluding hydrogens is 374 g/mol. The first-order valence-corrected chi connectivity index (χ1v) is 9.61. The molecule has 144 valence electrons. The normalized spacial score (nSPS) is 14.7. The predicted octanol–water partition coefficient (Wildman–Crippen LogP) is 4.07. The summed E-state index contributed by atoms with van der Waals surface area (Å²) >= 11 is 6.42. The van der Waals surface area contributed by atoms with Crippen LogP contribution in [0.1, 0.15) is 30.9 Å². The second-order valence-electron chi connectivity index (χ2n) is 8.05. The van der Waals surface area contributed by atoms with Gasteiger partial charge in [-0.15, -0.1) is 0 Å². The van der Waals surface area contributed by atoms with Crippen LogP contribution in [0.15, 0.2) is 36.7 Å². The Labute approximate surface area is 169 Å². The third-order valence-electron chi connectivity index (χ3n) is 4.87. The van der Waals surface area contributed by atoms with Crippen LogP contribution >= 0.6 is 11.6 Å². The van der Waals surface area contributed by atoms with Crippen molar-refractivity contribution < 1.29 is 4.79 Å². The van der Waals surface area contributed by atoms with E-state index in [9.17, 15) is 4.79 Å². The van der Waals surface area contributed by atoms with Gasteiger partial charge >= 0.3 is 0 Å². The summed E-state index contributed by atoms with van der Waals surface area (Å²) in [5, 5.41) is 7.89. The lowest BCUT2D eigenvalue weighted by Gasteiger charge is -2.14. The Kier molecular flexibility index (Phi) is 4.67. The van der Waals surface area contributed by atoms with E-state index in [1.807, 2.05) is 42.1 Å². The van der Waals surface area contributed by atoms with Crippen molar-refractivity contribution in [1.29, 1.82) is 0 Å². The minimum absolute atomic E-state index is 0.166. The number of nitrogens with zero attached hydrogens (tertiary/aromatic N) is 4. The fourth-order valence-corrected chi connectivity index (χ4v) is 3.84. The van der Waals surface area contributed by atoms with E-state index in [4.69, 9.17) is 11.6 Å². The highest BCUT2D eigenvalue weighted by molar-refractivity contribution is 6.33. The van der Waals surface area contributed by atoms with Gasteiger partial charge in [-0.1, -0.05) is 31.5 Å². The van der Waals surface area contributed by atoms with E-state index < -0.39 is 0 Å². The van der Waals surface area contributed by atoms with Crippen molar-refractivity contribution in [3.8, 4) is 11.1 Å². The smallest absolute Gasteiger partial charge is 0.231 e.